The molecule has 9 heteroatoms. The van der Waals surface area contributed by atoms with Crippen molar-refractivity contribution in [3.8, 4) is 0 Å². The molecule has 0 radical (unpaired) electrons. The summed E-state index contributed by atoms with van der Waals surface area (Å²) in [7, 11) is 3.62. The van der Waals surface area contributed by atoms with Crippen LogP contribution in [0, 0.1) is 8.99 Å². The fourth-order valence-electron chi connectivity index (χ4n) is 1.77. The predicted octanol–water partition coefficient (Wildman–Crippen LogP) is 2.10. The van der Waals surface area contributed by atoms with E-state index in [-0.39, 0.29) is 18.2 Å². The summed E-state index contributed by atoms with van der Waals surface area (Å²) in [5.41, 5.74) is -0.0915. The van der Waals surface area contributed by atoms with Crippen LogP contribution in [0.3, 0.4) is 0 Å². The highest BCUT2D eigenvalue weighted by Gasteiger charge is 2.24. The molecule has 0 aromatic carbocycles. The molecule has 0 aliphatic carbocycles. The zero-order chi connectivity index (χ0) is 18.1. The van der Waals surface area contributed by atoms with Crippen LogP contribution in [-0.4, -0.2) is 45.8 Å². The minimum absolute atomic E-state index is 0.181. The number of carbonyl (C=O) groups is 1. The van der Waals surface area contributed by atoms with Gasteiger partial charge in [-0.3, -0.25) is 9.59 Å². The molecule has 0 saturated heterocycles. The van der Waals surface area contributed by atoms with Crippen molar-refractivity contribution >= 4 is 51.9 Å². The Balaban J connectivity index is 2.49. The zero-order valence-electron chi connectivity index (χ0n) is 14.3. The summed E-state index contributed by atoms with van der Waals surface area (Å²) in [5.74, 6) is -0.224. The van der Waals surface area contributed by atoms with E-state index in [2.05, 4.69) is 37.6 Å². The van der Waals surface area contributed by atoms with Gasteiger partial charge in [0.15, 0.2) is 6.73 Å². The van der Waals surface area contributed by atoms with Gasteiger partial charge < -0.3 is 14.6 Å². The molecule has 2 rings (SSSR count). The number of carbonyl (C=O) groups excluding carboxylic acids is 1. The standard InChI is InChI=1S/C15H20IN5O3/c1-15(2,3)13(23)24-8-21-12(22)11-10(9(16)6-17-11)19-14(21)18-7-20(4)5/h6-7,17H,8H2,1-5H3/b18-7+. The molecule has 0 amide bonds. The second-order valence-electron chi connectivity index (χ2n) is 6.52. The molecule has 0 fully saturated rings. The summed E-state index contributed by atoms with van der Waals surface area (Å²) in [6, 6.07) is 0. The molecule has 130 valence electrons. The highest BCUT2D eigenvalue weighted by molar-refractivity contribution is 14.1. The summed E-state index contributed by atoms with van der Waals surface area (Å²) in [5, 5.41) is 0. The molecule has 0 atom stereocenters. The van der Waals surface area contributed by atoms with Crippen LogP contribution in [0.1, 0.15) is 20.8 Å². The third kappa shape index (κ3) is 3.94. The van der Waals surface area contributed by atoms with E-state index < -0.39 is 11.4 Å². The van der Waals surface area contributed by atoms with Gasteiger partial charge in [0.1, 0.15) is 11.0 Å². The van der Waals surface area contributed by atoms with Crippen molar-refractivity contribution in [1.82, 2.24) is 19.4 Å². The zero-order valence-corrected chi connectivity index (χ0v) is 16.4. The van der Waals surface area contributed by atoms with Crippen molar-refractivity contribution < 1.29 is 9.53 Å². The lowest BCUT2D eigenvalue weighted by molar-refractivity contribution is -0.157. The minimum Gasteiger partial charge on any atom is -0.443 e. The molecule has 1 N–H and O–H groups in total. The van der Waals surface area contributed by atoms with Crippen molar-refractivity contribution in [2.45, 2.75) is 27.5 Å². The molecular formula is C15H20IN5O3. The van der Waals surface area contributed by atoms with Gasteiger partial charge in [0, 0.05) is 20.3 Å². The highest BCUT2D eigenvalue weighted by atomic mass is 127. The maximum atomic E-state index is 12.7. The number of esters is 1. The van der Waals surface area contributed by atoms with Crippen molar-refractivity contribution in [1.29, 1.82) is 0 Å². The number of hydrogen-bond acceptors (Lipinski definition) is 5. The Kier molecular flexibility index (Phi) is 5.31. The van der Waals surface area contributed by atoms with Crippen LogP contribution in [0.2, 0.25) is 0 Å². The Bertz CT molecular complexity index is 845. The normalized spacial score (nSPS) is 12.1. The molecule has 8 nitrogen and oxygen atoms in total. The van der Waals surface area contributed by atoms with E-state index in [9.17, 15) is 9.59 Å². The summed E-state index contributed by atoms with van der Waals surface area (Å²) < 4.78 is 7.31. The van der Waals surface area contributed by atoms with Crippen LogP contribution in [0.25, 0.3) is 11.0 Å². The summed E-state index contributed by atoms with van der Waals surface area (Å²) in [6.07, 6.45) is 3.24. The highest BCUT2D eigenvalue weighted by Crippen LogP contribution is 2.20. The van der Waals surface area contributed by atoms with Gasteiger partial charge in [0.25, 0.3) is 5.56 Å². The molecule has 0 bridgehead atoms. The van der Waals surface area contributed by atoms with E-state index >= 15 is 0 Å². The second kappa shape index (κ2) is 6.91. The lowest BCUT2D eigenvalue weighted by atomic mass is 9.98. The van der Waals surface area contributed by atoms with Crippen LogP contribution >= 0.6 is 22.6 Å². The molecule has 0 unspecified atom stereocenters. The van der Waals surface area contributed by atoms with Gasteiger partial charge in [-0.1, -0.05) is 0 Å². The monoisotopic (exact) mass is 445 g/mol. The molecule has 24 heavy (non-hydrogen) atoms. The molecule has 2 aromatic rings. The minimum atomic E-state index is -0.657. The van der Waals surface area contributed by atoms with E-state index in [0.29, 0.717) is 11.0 Å². The van der Waals surface area contributed by atoms with E-state index in [1.807, 2.05) is 14.1 Å². The third-order valence-corrected chi connectivity index (χ3v) is 3.88. The largest absolute Gasteiger partial charge is 0.443 e. The smallest absolute Gasteiger partial charge is 0.312 e. The van der Waals surface area contributed by atoms with E-state index in [0.717, 1.165) is 3.57 Å². The van der Waals surface area contributed by atoms with Crippen LogP contribution in [0.15, 0.2) is 16.0 Å². The lowest BCUT2D eigenvalue weighted by Gasteiger charge is -2.17. The number of fused-ring (bicyclic) bond motifs is 1. The molecule has 0 saturated carbocycles. The first-order chi connectivity index (χ1) is 11.1. The fourth-order valence-corrected chi connectivity index (χ4v) is 2.32. The van der Waals surface area contributed by atoms with Gasteiger partial charge in [0.2, 0.25) is 5.95 Å². The average molecular weight is 445 g/mol. The maximum Gasteiger partial charge on any atom is 0.312 e. The van der Waals surface area contributed by atoms with Crippen LogP contribution < -0.4 is 5.56 Å². The predicted molar refractivity (Wildman–Crippen MR) is 100 cm³/mol. The lowest BCUT2D eigenvalue weighted by Crippen LogP contribution is -2.28. The Morgan fingerprint density at radius 2 is 2.17 bits per heavy atom. The first-order valence-electron chi connectivity index (χ1n) is 7.26. The first kappa shape index (κ1) is 18.4. The molecular weight excluding hydrogens is 425 g/mol. The Hall–Kier alpha value is -1.91. The van der Waals surface area contributed by atoms with Crippen LogP contribution in [0.4, 0.5) is 5.95 Å². The van der Waals surface area contributed by atoms with E-state index in [4.69, 9.17) is 4.74 Å². The average Bonchev–Trinajstić information content (AvgIpc) is 2.84. The Labute approximate surface area is 153 Å². The summed E-state index contributed by atoms with van der Waals surface area (Å²) >= 11 is 2.09. The Morgan fingerprint density at radius 3 is 2.75 bits per heavy atom. The summed E-state index contributed by atoms with van der Waals surface area (Å²) in [6.45, 7) is 5.00. The number of aliphatic imine (C=N–C) groups is 1. The number of halogens is 1. The molecule has 0 aliphatic heterocycles. The van der Waals surface area contributed by atoms with Gasteiger partial charge in [-0.2, -0.15) is 0 Å². The number of rotatable bonds is 4. The van der Waals surface area contributed by atoms with Gasteiger partial charge >= 0.3 is 5.97 Å². The number of aromatic nitrogens is 3. The van der Waals surface area contributed by atoms with Crippen LogP contribution in [-0.2, 0) is 16.3 Å². The topological polar surface area (TPSA) is 92.6 Å². The number of aromatic amines is 1. The van der Waals surface area contributed by atoms with Gasteiger partial charge in [0.05, 0.1) is 15.3 Å². The van der Waals surface area contributed by atoms with Crippen molar-refractivity contribution in [3.05, 3.63) is 20.1 Å². The number of nitrogens with zero attached hydrogens (tertiary/aromatic N) is 4. The molecule has 2 heterocycles. The van der Waals surface area contributed by atoms with Gasteiger partial charge in [-0.05, 0) is 43.4 Å². The molecule has 2 aromatic heterocycles. The van der Waals surface area contributed by atoms with Crippen molar-refractivity contribution in [2.24, 2.45) is 10.4 Å². The second-order valence-corrected chi connectivity index (χ2v) is 7.69. The number of H-pyrrole nitrogens is 1. The number of nitrogens with one attached hydrogen (secondary N) is 1. The third-order valence-electron chi connectivity index (χ3n) is 3.06. The van der Waals surface area contributed by atoms with Gasteiger partial charge in [-0.25, -0.2) is 14.5 Å². The summed E-state index contributed by atoms with van der Waals surface area (Å²) in [4.78, 5) is 37.9. The number of hydrogen-bond donors (Lipinski definition) is 1. The SMILES string of the molecule is CN(C)/C=N/c1nc2c(I)c[nH]c2c(=O)n1COC(=O)C(C)(C)C. The van der Waals surface area contributed by atoms with E-state index in [1.54, 1.807) is 31.9 Å². The van der Waals surface area contributed by atoms with Gasteiger partial charge in [-0.15, -0.1) is 0 Å². The Morgan fingerprint density at radius 1 is 1.50 bits per heavy atom. The van der Waals surface area contributed by atoms with Crippen LogP contribution in [0.5, 0.6) is 0 Å². The van der Waals surface area contributed by atoms with Crippen molar-refractivity contribution in [2.75, 3.05) is 14.1 Å². The maximum absolute atomic E-state index is 12.7. The molecule has 0 aliphatic rings. The quantitative estimate of drug-likeness (QED) is 0.337. The number of ether oxygens (including phenoxy) is 1. The van der Waals surface area contributed by atoms with E-state index in [1.165, 1.54) is 10.9 Å². The first-order valence-corrected chi connectivity index (χ1v) is 8.34. The molecule has 0 spiro atoms. The fraction of sp³-hybridized carbons (Fsp3) is 0.467. The van der Waals surface area contributed by atoms with Crippen molar-refractivity contribution in [3.63, 3.8) is 0 Å².